The van der Waals surface area contributed by atoms with Crippen LogP contribution in [0.5, 0.6) is 0 Å². The standard InChI is InChI=1S/C16H25N3O/c1-4-12-9-11(10-14(17)18-12)15(20)19-13-7-5-6-8-16(13,2)3/h9-10,13H,4-8H2,1-3H3,(H2,17,18)(H,19,20). The number of anilines is 1. The zero-order valence-electron chi connectivity index (χ0n) is 12.7. The molecule has 1 heterocycles. The van der Waals surface area contributed by atoms with E-state index in [1.165, 1.54) is 12.8 Å². The van der Waals surface area contributed by atoms with Crippen molar-refractivity contribution in [3.8, 4) is 0 Å². The second kappa shape index (κ2) is 5.81. The van der Waals surface area contributed by atoms with Gasteiger partial charge in [-0.15, -0.1) is 0 Å². The first-order chi connectivity index (χ1) is 9.42. The van der Waals surface area contributed by atoms with E-state index in [0.29, 0.717) is 11.4 Å². The molecular weight excluding hydrogens is 250 g/mol. The summed E-state index contributed by atoms with van der Waals surface area (Å²) in [5.74, 6) is 0.381. The van der Waals surface area contributed by atoms with Gasteiger partial charge in [0.2, 0.25) is 0 Å². The lowest BCUT2D eigenvalue weighted by Crippen LogP contribution is -2.46. The lowest BCUT2D eigenvalue weighted by atomic mass is 9.73. The predicted molar refractivity (Wildman–Crippen MR) is 81.5 cm³/mol. The molecule has 3 N–H and O–H groups in total. The van der Waals surface area contributed by atoms with Crippen molar-refractivity contribution in [2.75, 3.05) is 5.73 Å². The summed E-state index contributed by atoms with van der Waals surface area (Å²) in [4.78, 5) is 16.6. The van der Waals surface area contributed by atoms with Crippen molar-refractivity contribution in [1.82, 2.24) is 10.3 Å². The number of nitrogen functional groups attached to an aromatic ring is 1. The van der Waals surface area contributed by atoms with Gasteiger partial charge in [-0.1, -0.05) is 33.6 Å². The third-order valence-corrected chi connectivity index (χ3v) is 4.34. The molecule has 1 amide bonds. The third-order valence-electron chi connectivity index (χ3n) is 4.34. The number of aryl methyl sites for hydroxylation is 1. The molecule has 0 spiro atoms. The van der Waals surface area contributed by atoms with Crippen molar-refractivity contribution in [3.05, 3.63) is 23.4 Å². The Balaban J connectivity index is 2.13. The fraction of sp³-hybridized carbons (Fsp3) is 0.625. The van der Waals surface area contributed by atoms with E-state index in [1.807, 2.05) is 13.0 Å². The number of hydrogen-bond donors (Lipinski definition) is 2. The molecule has 4 nitrogen and oxygen atoms in total. The first-order valence-electron chi connectivity index (χ1n) is 7.49. The summed E-state index contributed by atoms with van der Waals surface area (Å²) in [6.45, 7) is 6.47. The maximum Gasteiger partial charge on any atom is 0.251 e. The normalized spacial score (nSPS) is 21.4. The molecule has 4 heteroatoms. The largest absolute Gasteiger partial charge is 0.384 e. The van der Waals surface area contributed by atoms with Gasteiger partial charge < -0.3 is 11.1 Å². The average Bonchev–Trinajstić information content (AvgIpc) is 2.40. The molecule has 0 aromatic carbocycles. The van der Waals surface area contributed by atoms with Crippen molar-refractivity contribution in [2.24, 2.45) is 5.41 Å². The minimum absolute atomic E-state index is 0.0335. The van der Waals surface area contributed by atoms with E-state index in [1.54, 1.807) is 6.07 Å². The molecule has 1 aliphatic carbocycles. The summed E-state index contributed by atoms with van der Waals surface area (Å²) >= 11 is 0. The van der Waals surface area contributed by atoms with Crippen molar-refractivity contribution >= 4 is 11.7 Å². The number of carbonyl (C=O) groups is 1. The molecule has 1 aromatic heterocycles. The Morgan fingerprint density at radius 1 is 1.45 bits per heavy atom. The Morgan fingerprint density at radius 2 is 2.20 bits per heavy atom. The molecule has 1 unspecified atom stereocenters. The Bertz CT molecular complexity index is 496. The van der Waals surface area contributed by atoms with Crippen LogP contribution in [0.1, 0.15) is 62.5 Å². The van der Waals surface area contributed by atoms with Crippen LogP contribution >= 0.6 is 0 Å². The molecule has 20 heavy (non-hydrogen) atoms. The number of nitrogens with one attached hydrogen (secondary N) is 1. The predicted octanol–water partition coefficient (Wildman–Crippen LogP) is 2.92. The summed E-state index contributed by atoms with van der Waals surface area (Å²) in [7, 11) is 0. The smallest absolute Gasteiger partial charge is 0.251 e. The fourth-order valence-electron chi connectivity index (χ4n) is 2.93. The van der Waals surface area contributed by atoms with E-state index in [9.17, 15) is 4.79 Å². The number of carbonyl (C=O) groups excluding carboxylic acids is 1. The van der Waals surface area contributed by atoms with Crippen LogP contribution in [0.15, 0.2) is 12.1 Å². The third kappa shape index (κ3) is 3.30. The van der Waals surface area contributed by atoms with E-state index in [4.69, 9.17) is 5.73 Å². The van der Waals surface area contributed by atoms with E-state index >= 15 is 0 Å². The lowest BCUT2D eigenvalue weighted by molar-refractivity contribution is 0.0853. The monoisotopic (exact) mass is 275 g/mol. The number of aromatic nitrogens is 1. The molecule has 1 aromatic rings. The van der Waals surface area contributed by atoms with Crippen molar-refractivity contribution in [1.29, 1.82) is 0 Å². The Hall–Kier alpha value is -1.58. The maximum absolute atomic E-state index is 12.4. The van der Waals surface area contributed by atoms with Gasteiger partial charge >= 0.3 is 0 Å². The Labute approximate surface area is 121 Å². The van der Waals surface area contributed by atoms with Crippen LogP contribution in [0.2, 0.25) is 0 Å². The topological polar surface area (TPSA) is 68.0 Å². The highest BCUT2D eigenvalue weighted by Crippen LogP contribution is 2.35. The van der Waals surface area contributed by atoms with Crippen molar-refractivity contribution in [3.63, 3.8) is 0 Å². The minimum Gasteiger partial charge on any atom is -0.384 e. The number of pyridine rings is 1. The van der Waals surface area contributed by atoms with Gasteiger partial charge in [-0.3, -0.25) is 4.79 Å². The molecule has 0 aliphatic heterocycles. The van der Waals surface area contributed by atoms with Crippen LogP contribution in [-0.4, -0.2) is 16.9 Å². The molecule has 0 bridgehead atoms. The Kier molecular flexibility index (Phi) is 4.31. The average molecular weight is 275 g/mol. The summed E-state index contributed by atoms with van der Waals surface area (Å²) in [6.07, 6.45) is 5.44. The highest BCUT2D eigenvalue weighted by molar-refractivity contribution is 5.95. The maximum atomic E-state index is 12.4. The SMILES string of the molecule is CCc1cc(C(=O)NC2CCCCC2(C)C)cc(N)n1. The van der Waals surface area contributed by atoms with Crippen LogP contribution < -0.4 is 11.1 Å². The molecule has 1 fully saturated rings. The minimum atomic E-state index is -0.0335. The van der Waals surface area contributed by atoms with Crippen LogP contribution in [-0.2, 0) is 6.42 Å². The van der Waals surface area contributed by atoms with Crippen LogP contribution in [0.3, 0.4) is 0 Å². The quantitative estimate of drug-likeness (QED) is 0.891. The number of amides is 1. The molecular formula is C16H25N3O. The van der Waals surface area contributed by atoms with Crippen LogP contribution in [0, 0.1) is 5.41 Å². The lowest BCUT2D eigenvalue weighted by Gasteiger charge is -2.39. The summed E-state index contributed by atoms with van der Waals surface area (Å²) in [5.41, 5.74) is 7.42. The second-order valence-corrected chi connectivity index (χ2v) is 6.39. The van der Waals surface area contributed by atoms with Crippen molar-refractivity contribution in [2.45, 2.75) is 58.9 Å². The highest BCUT2D eigenvalue weighted by atomic mass is 16.1. The molecule has 1 atom stereocenters. The molecule has 110 valence electrons. The van der Waals surface area contributed by atoms with Crippen LogP contribution in [0.25, 0.3) is 0 Å². The summed E-state index contributed by atoms with van der Waals surface area (Å²) in [6, 6.07) is 3.73. The summed E-state index contributed by atoms with van der Waals surface area (Å²) in [5, 5.41) is 3.18. The molecule has 1 aliphatic rings. The molecule has 0 saturated heterocycles. The molecule has 2 rings (SSSR count). The van der Waals surface area contributed by atoms with Crippen LogP contribution in [0.4, 0.5) is 5.82 Å². The number of nitrogens with zero attached hydrogens (tertiary/aromatic N) is 1. The number of hydrogen-bond acceptors (Lipinski definition) is 3. The Morgan fingerprint density at radius 3 is 2.85 bits per heavy atom. The van der Waals surface area contributed by atoms with Gasteiger partial charge in [0.05, 0.1) is 0 Å². The van der Waals surface area contributed by atoms with E-state index in [0.717, 1.165) is 25.0 Å². The number of nitrogens with two attached hydrogens (primary N) is 1. The zero-order valence-corrected chi connectivity index (χ0v) is 12.7. The van der Waals surface area contributed by atoms with Gasteiger partial charge in [0, 0.05) is 17.3 Å². The zero-order chi connectivity index (χ0) is 14.8. The van der Waals surface area contributed by atoms with Gasteiger partial charge in [0.15, 0.2) is 0 Å². The van der Waals surface area contributed by atoms with Gasteiger partial charge in [0.1, 0.15) is 5.82 Å². The van der Waals surface area contributed by atoms with E-state index in [2.05, 4.69) is 24.1 Å². The highest BCUT2D eigenvalue weighted by Gasteiger charge is 2.33. The van der Waals surface area contributed by atoms with Gasteiger partial charge in [-0.2, -0.15) is 0 Å². The fourth-order valence-corrected chi connectivity index (χ4v) is 2.93. The second-order valence-electron chi connectivity index (χ2n) is 6.39. The van der Waals surface area contributed by atoms with Crippen molar-refractivity contribution < 1.29 is 4.79 Å². The first kappa shape index (κ1) is 14.8. The first-order valence-corrected chi connectivity index (χ1v) is 7.49. The summed E-state index contributed by atoms with van der Waals surface area (Å²) < 4.78 is 0. The van der Waals surface area contributed by atoms with Gasteiger partial charge in [0.25, 0.3) is 5.91 Å². The van der Waals surface area contributed by atoms with Gasteiger partial charge in [-0.05, 0) is 36.8 Å². The molecule has 0 radical (unpaired) electrons. The number of rotatable bonds is 3. The van der Waals surface area contributed by atoms with Gasteiger partial charge in [-0.25, -0.2) is 4.98 Å². The van der Waals surface area contributed by atoms with E-state index in [-0.39, 0.29) is 17.4 Å². The molecule has 1 saturated carbocycles. The van der Waals surface area contributed by atoms with E-state index < -0.39 is 0 Å².